The fraction of sp³-hybridized carbons (Fsp3) is 0.400. The van der Waals surface area contributed by atoms with E-state index in [1.807, 2.05) is 13.0 Å². The summed E-state index contributed by atoms with van der Waals surface area (Å²) in [5, 5.41) is 0. The first-order valence-corrected chi connectivity index (χ1v) is 10.7. The third-order valence-electron chi connectivity index (χ3n) is 4.47. The predicted octanol–water partition coefficient (Wildman–Crippen LogP) is 10.4. The number of hydrogen-bond acceptors (Lipinski definition) is 0. The van der Waals surface area contributed by atoms with Gasteiger partial charge in [-0.1, -0.05) is 89.1 Å². The first kappa shape index (κ1) is 35.0. The Bertz CT molecular complexity index is 851. The van der Waals surface area contributed by atoms with Crippen molar-refractivity contribution in [3.05, 3.63) is 105 Å². The van der Waals surface area contributed by atoms with Gasteiger partial charge in [0, 0.05) is 5.56 Å². The predicted molar refractivity (Wildman–Crippen MR) is 142 cm³/mol. The number of hydrogen-bond donors (Lipinski definition) is 0. The third kappa shape index (κ3) is 15.8. The summed E-state index contributed by atoms with van der Waals surface area (Å²) in [4.78, 5) is 0. The van der Waals surface area contributed by atoms with Crippen LogP contribution in [-0.4, -0.2) is 0 Å². The number of rotatable bonds is 1. The molecule has 0 aliphatic heterocycles. The summed E-state index contributed by atoms with van der Waals surface area (Å²) in [5.74, 6) is -1.06. The van der Waals surface area contributed by atoms with Crippen molar-refractivity contribution in [2.75, 3.05) is 0 Å². The molecule has 3 aromatic carbocycles. The zero-order valence-electron chi connectivity index (χ0n) is 20.2. The molecule has 0 spiro atoms. The molecule has 0 fully saturated rings. The lowest BCUT2D eigenvalue weighted by Crippen LogP contribution is -1.88. The van der Waals surface area contributed by atoms with Gasteiger partial charge < -0.3 is 0 Å². The molecule has 0 aliphatic rings. The van der Waals surface area contributed by atoms with E-state index in [0.717, 1.165) is 5.56 Å². The molecular formula is C30H45F3. The highest BCUT2D eigenvalue weighted by Crippen LogP contribution is 2.12. The molecule has 3 aromatic rings. The lowest BCUT2D eigenvalue weighted by atomic mass is 10.1. The summed E-state index contributed by atoms with van der Waals surface area (Å²) in [6, 6.07) is 16.3. The van der Waals surface area contributed by atoms with Crippen molar-refractivity contribution < 1.29 is 13.2 Å². The van der Waals surface area contributed by atoms with Gasteiger partial charge in [-0.15, -0.1) is 0 Å². The number of unbranched alkanes of at least 4 members (excludes halogenated alkanes) is 1. The van der Waals surface area contributed by atoms with Crippen molar-refractivity contribution in [3.63, 3.8) is 0 Å². The summed E-state index contributed by atoms with van der Waals surface area (Å²) < 4.78 is 37.8. The molecule has 33 heavy (non-hydrogen) atoms. The maximum Gasteiger partial charge on any atom is 0.129 e. The minimum Gasteiger partial charge on any atom is -0.207 e. The van der Waals surface area contributed by atoms with Crippen molar-refractivity contribution >= 4 is 0 Å². The molecule has 0 saturated carbocycles. The summed E-state index contributed by atoms with van der Waals surface area (Å²) >= 11 is 0. The van der Waals surface area contributed by atoms with Crippen LogP contribution in [0.2, 0.25) is 0 Å². The minimum atomic E-state index is -0.475. The summed E-state index contributed by atoms with van der Waals surface area (Å²) in [5.41, 5.74) is 5.04. The maximum absolute atomic E-state index is 12.6. The Balaban J connectivity index is -0.000000370. The summed E-state index contributed by atoms with van der Waals surface area (Å²) in [6.45, 7) is 15.3. The van der Waals surface area contributed by atoms with Gasteiger partial charge in [0.1, 0.15) is 17.5 Å². The van der Waals surface area contributed by atoms with E-state index < -0.39 is 11.6 Å². The van der Waals surface area contributed by atoms with Gasteiger partial charge in [0.15, 0.2) is 0 Å². The van der Waals surface area contributed by atoms with Crippen LogP contribution in [0.25, 0.3) is 0 Å². The molecule has 3 rings (SSSR count). The van der Waals surface area contributed by atoms with Crippen LogP contribution in [-0.2, 0) is 0 Å². The van der Waals surface area contributed by atoms with E-state index in [2.05, 4.69) is 52.0 Å². The molecule has 0 aromatic heterocycles. The van der Waals surface area contributed by atoms with Gasteiger partial charge in [0.05, 0.1) is 0 Å². The smallest absolute Gasteiger partial charge is 0.129 e. The zero-order valence-corrected chi connectivity index (χ0v) is 20.2. The van der Waals surface area contributed by atoms with Gasteiger partial charge >= 0.3 is 0 Å². The fourth-order valence-corrected chi connectivity index (χ4v) is 2.11. The lowest BCUT2D eigenvalue weighted by Gasteiger charge is -1.98. The zero-order chi connectivity index (χ0) is 24.0. The van der Waals surface area contributed by atoms with Crippen LogP contribution in [0.15, 0.2) is 54.6 Å². The van der Waals surface area contributed by atoms with Crippen molar-refractivity contribution in [2.45, 2.75) is 83.1 Å². The lowest BCUT2D eigenvalue weighted by molar-refractivity contribution is 0.566. The van der Waals surface area contributed by atoms with E-state index in [1.54, 1.807) is 19.9 Å². The Hall–Kier alpha value is -2.55. The van der Waals surface area contributed by atoms with E-state index in [4.69, 9.17) is 0 Å². The van der Waals surface area contributed by atoms with E-state index in [9.17, 15) is 13.2 Å². The molecule has 0 heterocycles. The number of aryl methyl sites for hydroxylation is 5. The molecule has 0 N–H and O–H groups in total. The Morgan fingerprint density at radius 3 is 1.12 bits per heavy atom. The minimum absolute atomic E-state index is 0. The van der Waals surface area contributed by atoms with Crippen LogP contribution in [0.1, 0.15) is 74.9 Å². The second-order valence-electron chi connectivity index (χ2n) is 7.76. The molecule has 0 saturated heterocycles. The van der Waals surface area contributed by atoms with E-state index >= 15 is 0 Å². The molecule has 0 amide bonds. The third-order valence-corrected chi connectivity index (χ3v) is 4.47. The van der Waals surface area contributed by atoms with Gasteiger partial charge in [-0.05, 0) is 76.4 Å². The monoisotopic (exact) mass is 462 g/mol. The SMILES string of the molecule is C.C.CCCC.Cc1cc(F)c(C)c(F)c1.Cc1ccc(C)c(F)c1.Cc1ccc(C)cc1. The molecule has 186 valence electrons. The van der Waals surface area contributed by atoms with E-state index in [-0.39, 0.29) is 26.2 Å². The Kier molecular flexibility index (Phi) is 20.1. The molecule has 0 bridgehead atoms. The Labute approximate surface area is 201 Å². The molecule has 0 radical (unpaired) electrons. The van der Waals surface area contributed by atoms with Gasteiger partial charge in [0.2, 0.25) is 0 Å². The van der Waals surface area contributed by atoms with Gasteiger partial charge in [-0.25, -0.2) is 13.2 Å². The van der Waals surface area contributed by atoms with Crippen molar-refractivity contribution in [2.24, 2.45) is 0 Å². The van der Waals surface area contributed by atoms with Crippen molar-refractivity contribution in [3.8, 4) is 0 Å². The van der Waals surface area contributed by atoms with Gasteiger partial charge in [0.25, 0.3) is 0 Å². The number of halogens is 3. The molecule has 0 aliphatic carbocycles. The standard InChI is InChI=1S/C8H8F2.C8H9F.C8H10.C4H10.2CH4/c1-5-3-7(9)6(2)8(10)4-5;1-6-3-4-7(2)8(9)5-6;1-7-3-5-8(2)6-4-7;1-3-4-2;;/h3-4H,1-2H3;3-5H,1-2H3;3-6H,1-2H3;3-4H2,1-2H3;2*1H4. The van der Waals surface area contributed by atoms with E-state index in [0.29, 0.717) is 11.1 Å². The van der Waals surface area contributed by atoms with Gasteiger partial charge in [-0.3, -0.25) is 0 Å². The van der Waals surface area contributed by atoms with Crippen LogP contribution < -0.4 is 0 Å². The average molecular weight is 463 g/mol. The largest absolute Gasteiger partial charge is 0.207 e. The molecule has 0 atom stereocenters. The second-order valence-corrected chi connectivity index (χ2v) is 7.76. The topological polar surface area (TPSA) is 0 Å². The highest BCUT2D eigenvalue weighted by atomic mass is 19.1. The maximum atomic E-state index is 12.6. The summed E-state index contributed by atoms with van der Waals surface area (Å²) in [7, 11) is 0. The second kappa shape index (κ2) is 19.0. The Morgan fingerprint density at radius 2 is 0.818 bits per heavy atom. The first-order chi connectivity index (χ1) is 14.5. The van der Waals surface area contributed by atoms with Crippen molar-refractivity contribution in [1.29, 1.82) is 0 Å². The normalized spacial score (nSPS) is 8.82. The molecular weight excluding hydrogens is 417 g/mol. The quantitative estimate of drug-likeness (QED) is 0.337. The van der Waals surface area contributed by atoms with Crippen LogP contribution in [0, 0.1) is 59.0 Å². The van der Waals surface area contributed by atoms with Crippen LogP contribution in [0.3, 0.4) is 0 Å². The summed E-state index contributed by atoms with van der Waals surface area (Å²) in [6.07, 6.45) is 2.64. The highest BCUT2D eigenvalue weighted by Gasteiger charge is 2.03. The Morgan fingerprint density at radius 1 is 0.485 bits per heavy atom. The van der Waals surface area contributed by atoms with Crippen LogP contribution >= 0.6 is 0 Å². The van der Waals surface area contributed by atoms with Crippen LogP contribution in [0.5, 0.6) is 0 Å². The fourth-order valence-electron chi connectivity index (χ4n) is 2.11. The van der Waals surface area contributed by atoms with Gasteiger partial charge in [-0.2, -0.15) is 0 Å². The molecule has 3 heteroatoms. The number of benzene rings is 3. The van der Waals surface area contributed by atoms with Crippen molar-refractivity contribution in [1.82, 2.24) is 0 Å². The average Bonchev–Trinajstić information content (AvgIpc) is 2.72. The molecule has 0 unspecified atom stereocenters. The molecule has 0 nitrogen and oxygen atoms in total. The van der Waals surface area contributed by atoms with Crippen LogP contribution in [0.4, 0.5) is 13.2 Å². The highest BCUT2D eigenvalue weighted by molar-refractivity contribution is 5.24. The first-order valence-electron chi connectivity index (χ1n) is 10.7. The van der Waals surface area contributed by atoms with E-state index in [1.165, 1.54) is 49.1 Å².